The molecule has 2 saturated carbocycles. The van der Waals surface area contributed by atoms with E-state index in [4.69, 9.17) is 19.2 Å². The van der Waals surface area contributed by atoms with Crippen molar-refractivity contribution in [1.29, 1.82) is 0 Å². The van der Waals surface area contributed by atoms with E-state index in [0.29, 0.717) is 23.7 Å². The van der Waals surface area contributed by atoms with Gasteiger partial charge in [-0.25, -0.2) is 9.78 Å². The van der Waals surface area contributed by atoms with Crippen molar-refractivity contribution < 1.29 is 19.2 Å². The molecule has 0 aromatic heterocycles. The van der Waals surface area contributed by atoms with Gasteiger partial charge in [-0.1, -0.05) is 33.1 Å². The molecule has 0 aromatic rings. The molecule has 4 saturated heterocycles. The Hall–Kier alpha value is 0.190. The molecule has 8 atom stereocenters. The van der Waals surface area contributed by atoms with E-state index in [2.05, 4.69) is 25.6 Å². The maximum atomic E-state index is 6.70. The van der Waals surface area contributed by atoms with Crippen LogP contribution >= 0.6 is 11.8 Å². The second kappa shape index (κ2) is 6.62. The van der Waals surface area contributed by atoms with Gasteiger partial charge in [0.2, 0.25) is 5.79 Å². The van der Waals surface area contributed by atoms with Gasteiger partial charge in [0.05, 0.1) is 0 Å². The van der Waals surface area contributed by atoms with Crippen molar-refractivity contribution in [2.45, 2.75) is 107 Å². The summed E-state index contributed by atoms with van der Waals surface area (Å²) in [6, 6.07) is 0. The van der Waals surface area contributed by atoms with Crippen LogP contribution < -0.4 is 0 Å². The zero-order valence-electron chi connectivity index (χ0n) is 16.4. The van der Waals surface area contributed by atoms with E-state index in [0.717, 1.165) is 18.1 Å². The first-order chi connectivity index (χ1) is 12.5. The fourth-order valence-corrected chi connectivity index (χ4v) is 8.01. The molecular weight excluding hydrogens is 348 g/mol. The van der Waals surface area contributed by atoms with Crippen LogP contribution in [0, 0.1) is 23.7 Å². The van der Waals surface area contributed by atoms with Gasteiger partial charge in [0.25, 0.3) is 0 Å². The molecule has 0 aromatic carbocycles. The Morgan fingerprint density at radius 2 is 1.69 bits per heavy atom. The van der Waals surface area contributed by atoms with Crippen LogP contribution in [0.2, 0.25) is 0 Å². The second-order valence-electron chi connectivity index (χ2n) is 9.67. The van der Waals surface area contributed by atoms with Crippen LogP contribution in [-0.2, 0) is 19.2 Å². The Bertz CT molecular complexity index is 538. The van der Waals surface area contributed by atoms with E-state index in [-0.39, 0.29) is 11.7 Å². The van der Waals surface area contributed by atoms with Gasteiger partial charge in [-0.05, 0) is 56.8 Å². The topological polar surface area (TPSA) is 36.9 Å². The van der Waals surface area contributed by atoms with Crippen LogP contribution in [0.1, 0.15) is 78.6 Å². The lowest BCUT2D eigenvalue weighted by Crippen LogP contribution is -2.70. The first-order valence-electron chi connectivity index (χ1n) is 10.9. The summed E-state index contributed by atoms with van der Waals surface area (Å²) in [5.74, 6) is 1.39. The average Bonchev–Trinajstić information content (AvgIpc) is 2.86. The normalized spacial score (nSPS) is 54.6. The molecule has 148 valence electrons. The Morgan fingerprint density at radius 1 is 0.885 bits per heavy atom. The molecule has 4 aliphatic heterocycles. The van der Waals surface area contributed by atoms with Crippen LogP contribution in [0.4, 0.5) is 0 Å². The third-order valence-corrected chi connectivity index (χ3v) is 9.64. The molecule has 6 fully saturated rings. The molecule has 2 bridgehead atoms. The van der Waals surface area contributed by atoms with Gasteiger partial charge in [0.1, 0.15) is 5.44 Å². The van der Waals surface area contributed by atoms with Gasteiger partial charge in [-0.15, -0.1) is 11.8 Å². The van der Waals surface area contributed by atoms with Crippen molar-refractivity contribution in [2.24, 2.45) is 23.7 Å². The van der Waals surface area contributed by atoms with Gasteiger partial charge in [0, 0.05) is 17.6 Å². The van der Waals surface area contributed by atoms with Gasteiger partial charge >= 0.3 is 0 Å². The molecule has 4 heterocycles. The third-order valence-electron chi connectivity index (χ3n) is 7.98. The average molecular weight is 383 g/mol. The van der Waals surface area contributed by atoms with Crippen molar-refractivity contribution >= 4 is 11.8 Å². The monoisotopic (exact) mass is 382 g/mol. The number of thioether (sulfide) groups is 1. The minimum Gasteiger partial charge on any atom is -0.335 e. The highest BCUT2D eigenvalue weighted by atomic mass is 32.2. The summed E-state index contributed by atoms with van der Waals surface area (Å²) in [5, 5.41) is 0.749. The van der Waals surface area contributed by atoms with Crippen molar-refractivity contribution in [1.82, 2.24) is 0 Å². The summed E-state index contributed by atoms with van der Waals surface area (Å²) < 4.78 is 13.2. The zero-order chi connectivity index (χ0) is 17.9. The summed E-state index contributed by atoms with van der Waals surface area (Å²) in [6.45, 7) is 6.78. The van der Waals surface area contributed by atoms with Gasteiger partial charge in [-0.3, -0.25) is 0 Å². The first kappa shape index (κ1) is 18.2. The van der Waals surface area contributed by atoms with Gasteiger partial charge < -0.3 is 9.47 Å². The van der Waals surface area contributed by atoms with Crippen LogP contribution in [0.5, 0.6) is 0 Å². The largest absolute Gasteiger partial charge is 0.335 e. The lowest BCUT2D eigenvalue weighted by Gasteiger charge is -2.60. The molecule has 0 radical (unpaired) electrons. The van der Waals surface area contributed by atoms with E-state index >= 15 is 0 Å². The maximum absolute atomic E-state index is 6.70. The van der Waals surface area contributed by atoms with E-state index < -0.39 is 11.4 Å². The third kappa shape index (κ3) is 2.72. The van der Waals surface area contributed by atoms with Crippen LogP contribution in [0.15, 0.2) is 0 Å². The lowest BCUT2D eigenvalue weighted by molar-refractivity contribution is -0.568. The molecule has 2 aliphatic carbocycles. The minimum absolute atomic E-state index is 0.222. The quantitative estimate of drug-likeness (QED) is 0.609. The predicted octanol–water partition coefficient (Wildman–Crippen LogP) is 5.26. The predicted molar refractivity (Wildman–Crippen MR) is 101 cm³/mol. The summed E-state index contributed by atoms with van der Waals surface area (Å²) in [4.78, 5) is 12.1. The van der Waals surface area contributed by atoms with Crippen molar-refractivity contribution in [3.63, 3.8) is 0 Å². The smallest absolute Gasteiger partial charge is 0.201 e. The van der Waals surface area contributed by atoms with E-state index in [1.54, 1.807) is 0 Å². The lowest BCUT2D eigenvalue weighted by atomic mass is 9.58. The van der Waals surface area contributed by atoms with Crippen LogP contribution in [0.3, 0.4) is 0 Å². The highest BCUT2D eigenvalue weighted by Gasteiger charge is 2.69. The van der Waals surface area contributed by atoms with Crippen molar-refractivity contribution in [2.75, 3.05) is 0 Å². The summed E-state index contributed by atoms with van der Waals surface area (Å²) in [7, 11) is 0. The SMILES string of the molecule is C[C@@H]1CCC2[C@@H](C)[C@@H](SC3CCCCC3)OC3O[C@]4(C)CCC1[C@]32OO4. The maximum Gasteiger partial charge on any atom is 0.201 e. The molecular formula is C21H34O4S. The molecule has 6 rings (SSSR count). The Balaban J connectivity index is 1.44. The van der Waals surface area contributed by atoms with Crippen molar-refractivity contribution in [3.05, 3.63) is 0 Å². The first-order valence-corrected chi connectivity index (χ1v) is 11.8. The summed E-state index contributed by atoms with van der Waals surface area (Å²) in [5.41, 5.74) is -0.184. The molecule has 26 heavy (non-hydrogen) atoms. The molecule has 6 aliphatic rings. The molecule has 1 spiro atoms. The zero-order valence-corrected chi connectivity index (χ0v) is 17.3. The molecule has 0 amide bonds. The van der Waals surface area contributed by atoms with Gasteiger partial charge in [-0.2, -0.15) is 0 Å². The number of hydrogen-bond acceptors (Lipinski definition) is 5. The van der Waals surface area contributed by atoms with E-state index in [1.165, 1.54) is 44.9 Å². The van der Waals surface area contributed by atoms with Crippen LogP contribution in [-0.4, -0.2) is 28.4 Å². The Kier molecular flexibility index (Phi) is 4.64. The Labute approximate surface area is 162 Å². The Morgan fingerprint density at radius 3 is 2.50 bits per heavy atom. The fourth-order valence-electron chi connectivity index (χ4n) is 6.42. The van der Waals surface area contributed by atoms with E-state index in [1.807, 2.05) is 6.92 Å². The number of ether oxygens (including phenoxy) is 2. The number of fused-ring (bicyclic) bond motifs is 2. The molecule has 5 heteroatoms. The molecule has 0 N–H and O–H groups in total. The van der Waals surface area contributed by atoms with E-state index in [9.17, 15) is 0 Å². The standard InChI is InChI=1S/C21H34O4S/c1-13-9-10-17-14(2)18(26-15-7-5-4-6-8-15)22-19-21(17)16(13)11-12-20(3,23-19)24-25-21/h13-19H,4-12H2,1-3H3/t13-,14-,16?,17?,18-,19?,20+,21-/m1/s1. The van der Waals surface area contributed by atoms with Crippen molar-refractivity contribution in [3.8, 4) is 0 Å². The van der Waals surface area contributed by atoms with Gasteiger partial charge in [0.15, 0.2) is 11.9 Å². The fraction of sp³-hybridized carbons (Fsp3) is 1.00. The number of rotatable bonds is 2. The minimum atomic E-state index is -0.655. The molecule has 3 unspecified atom stereocenters. The highest BCUT2D eigenvalue weighted by molar-refractivity contribution is 8.00. The number of hydrogen-bond donors (Lipinski definition) is 0. The molecule has 4 nitrogen and oxygen atoms in total. The summed E-state index contributed by atoms with van der Waals surface area (Å²) in [6.07, 6.45) is 11.1. The summed E-state index contributed by atoms with van der Waals surface area (Å²) >= 11 is 2.08. The van der Waals surface area contributed by atoms with Crippen LogP contribution in [0.25, 0.3) is 0 Å². The highest BCUT2D eigenvalue weighted by Crippen LogP contribution is 2.61. The second-order valence-corrected chi connectivity index (χ2v) is 11.1.